The van der Waals surface area contributed by atoms with Gasteiger partial charge in [-0.1, -0.05) is 26.8 Å². The van der Waals surface area contributed by atoms with E-state index in [0.717, 1.165) is 21.9 Å². The first kappa shape index (κ1) is 23.1. The summed E-state index contributed by atoms with van der Waals surface area (Å²) in [4.78, 5) is 15.6. The number of benzene rings is 1. The van der Waals surface area contributed by atoms with E-state index >= 15 is 0 Å². The molecular weight excluding hydrogens is 384 g/mol. The molecule has 1 heterocycles. The Morgan fingerprint density at radius 1 is 1.21 bits per heavy atom. The van der Waals surface area contributed by atoms with Gasteiger partial charge in [-0.3, -0.25) is 5.32 Å². The van der Waals surface area contributed by atoms with Crippen molar-refractivity contribution in [3.8, 4) is 5.75 Å². The Balaban J connectivity index is 2.20. The van der Waals surface area contributed by atoms with Gasteiger partial charge in [0.1, 0.15) is 11.6 Å². The van der Waals surface area contributed by atoms with Gasteiger partial charge in [0.05, 0.1) is 18.3 Å². The minimum absolute atomic E-state index is 0.0997. The van der Waals surface area contributed by atoms with Crippen LogP contribution < -0.4 is 10.1 Å². The monoisotopic (exact) mass is 418 g/mol. The fraction of sp³-hybridized carbons (Fsp3) is 0.545. The van der Waals surface area contributed by atoms with Crippen LogP contribution in [0.25, 0.3) is 0 Å². The first-order chi connectivity index (χ1) is 13.4. The zero-order valence-corrected chi connectivity index (χ0v) is 19.9. The molecule has 0 bridgehead atoms. The molecule has 1 N–H and O–H groups in total. The molecule has 2 rings (SSSR count). The van der Waals surface area contributed by atoms with E-state index in [4.69, 9.17) is 9.84 Å². The van der Waals surface area contributed by atoms with E-state index in [9.17, 15) is 4.79 Å². The summed E-state index contributed by atoms with van der Waals surface area (Å²) < 4.78 is 7.34. The van der Waals surface area contributed by atoms with Crippen molar-refractivity contribution in [1.82, 2.24) is 14.7 Å². The van der Waals surface area contributed by atoms with Crippen molar-refractivity contribution in [2.24, 2.45) is 0 Å². The molecule has 0 saturated carbocycles. The van der Waals surface area contributed by atoms with Crippen molar-refractivity contribution in [3.05, 3.63) is 35.5 Å². The number of carbonyl (C=O) groups is 1. The molecule has 2 amide bonds. The van der Waals surface area contributed by atoms with E-state index in [1.807, 2.05) is 35.2 Å². The van der Waals surface area contributed by atoms with Gasteiger partial charge in [-0.15, -0.1) is 11.8 Å². The van der Waals surface area contributed by atoms with Crippen LogP contribution in [0.3, 0.4) is 0 Å². The van der Waals surface area contributed by atoms with Crippen LogP contribution in [0.1, 0.15) is 52.8 Å². The van der Waals surface area contributed by atoms with Crippen LogP contribution in [0, 0.1) is 0 Å². The van der Waals surface area contributed by atoms with Gasteiger partial charge in [-0.05, 0) is 44.7 Å². The Kier molecular flexibility index (Phi) is 6.93. The number of carbonyl (C=O) groups excluding carboxylic acids is 1. The van der Waals surface area contributed by atoms with Crippen LogP contribution in [0.2, 0.25) is 0 Å². The molecule has 0 unspecified atom stereocenters. The maximum absolute atomic E-state index is 12.9. The summed E-state index contributed by atoms with van der Waals surface area (Å²) in [5, 5.41) is 7.79. The van der Waals surface area contributed by atoms with Crippen molar-refractivity contribution >= 4 is 23.6 Å². The first-order valence-corrected chi connectivity index (χ1v) is 10.9. The fourth-order valence-electron chi connectivity index (χ4n) is 2.88. The lowest BCUT2D eigenvalue weighted by atomic mass is 9.92. The molecule has 0 radical (unpaired) electrons. The predicted octanol–water partition coefficient (Wildman–Crippen LogP) is 5.33. The minimum atomic E-state index is -0.244. The molecule has 0 aliphatic carbocycles. The molecule has 0 saturated heterocycles. The van der Waals surface area contributed by atoms with E-state index in [1.54, 1.807) is 30.8 Å². The number of amides is 2. The Morgan fingerprint density at radius 2 is 1.86 bits per heavy atom. The molecule has 0 spiro atoms. The van der Waals surface area contributed by atoms with Crippen LogP contribution in [-0.4, -0.2) is 41.1 Å². The maximum Gasteiger partial charge on any atom is 0.323 e. The summed E-state index contributed by atoms with van der Waals surface area (Å²) in [6, 6.07) is 7.81. The Bertz CT molecular complexity index is 863. The number of hydrogen-bond acceptors (Lipinski definition) is 4. The summed E-state index contributed by atoms with van der Waals surface area (Å²) in [5.41, 5.74) is 1.61. The second-order valence-electron chi connectivity index (χ2n) is 9.22. The smallest absolute Gasteiger partial charge is 0.323 e. The quantitative estimate of drug-likeness (QED) is 0.667. The number of aromatic nitrogens is 2. The van der Waals surface area contributed by atoms with Crippen LogP contribution >= 0.6 is 11.8 Å². The van der Waals surface area contributed by atoms with Crippen LogP contribution in [-0.2, 0) is 17.5 Å². The molecule has 29 heavy (non-hydrogen) atoms. The van der Waals surface area contributed by atoms with E-state index in [2.05, 4.69) is 46.9 Å². The normalized spacial score (nSPS) is 12.0. The van der Waals surface area contributed by atoms with Gasteiger partial charge in [0.25, 0.3) is 0 Å². The highest BCUT2D eigenvalue weighted by atomic mass is 32.2. The van der Waals surface area contributed by atoms with E-state index in [1.165, 1.54) is 0 Å². The van der Waals surface area contributed by atoms with E-state index in [0.29, 0.717) is 12.4 Å². The molecule has 0 aliphatic rings. The topological polar surface area (TPSA) is 59.4 Å². The third-order valence-corrected chi connectivity index (χ3v) is 5.34. The summed E-state index contributed by atoms with van der Waals surface area (Å²) >= 11 is 1.64. The van der Waals surface area contributed by atoms with Crippen LogP contribution in [0.5, 0.6) is 5.75 Å². The van der Waals surface area contributed by atoms with Gasteiger partial charge >= 0.3 is 6.03 Å². The van der Waals surface area contributed by atoms with Crippen LogP contribution in [0.15, 0.2) is 29.2 Å². The number of thioether (sulfide) groups is 1. The number of methoxy groups -OCH3 is 1. The van der Waals surface area contributed by atoms with Crippen molar-refractivity contribution in [2.75, 3.05) is 25.7 Å². The average Bonchev–Trinajstić information content (AvgIpc) is 3.06. The number of rotatable bonds is 5. The first-order valence-electron chi connectivity index (χ1n) is 9.71. The lowest BCUT2D eigenvalue weighted by Gasteiger charge is -2.24. The molecule has 0 fully saturated rings. The summed E-state index contributed by atoms with van der Waals surface area (Å²) in [6.45, 7) is 13.1. The minimum Gasteiger partial charge on any atom is -0.496 e. The largest absolute Gasteiger partial charge is 0.496 e. The third kappa shape index (κ3) is 5.69. The Morgan fingerprint density at radius 3 is 2.38 bits per heavy atom. The standard InChI is InChI=1S/C22H34N4O2S/c1-21(2,3)18-13-19(26(24-18)22(4,5)6)23-20(27)25(7)14-15-10-11-17(29-9)16(12-15)28-8/h10-13H,14H2,1-9H3,(H,23,27). The molecule has 0 aliphatic heterocycles. The maximum atomic E-state index is 12.9. The second kappa shape index (κ2) is 8.69. The zero-order valence-electron chi connectivity index (χ0n) is 19.1. The highest BCUT2D eigenvalue weighted by Crippen LogP contribution is 2.30. The van der Waals surface area contributed by atoms with Gasteiger partial charge in [0.15, 0.2) is 0 Å². The number of nitrogens with zero attached hydrogens (tertiary/aromatic N) is 3. The molecule has 7 heteroatoms. The fourth-order valence-corrected chi connectivity index (χ4v) is 3.43. The van der Waals surface area contributed by atoms with Crippen molar-refractivity contribution in [2.45, 2.75) is 63.9 Å². The van der Waals surface area contributed by atoms with Gasteiger partial charge in [-0.2, -0.15) is 5.10 Å². The highest BCUT2D eigenvalue weighted by molar-refractivity contribution is 7.98. The molecule has 2 aromatic rings. The van der Waals surface area contributed by atoms with Gasteiger partial charge < -0.3 is 9.64 Å². The summed E-state index contributed by atoms with van der Waals surface area (Å²) in [7, 11) is 3.45. The number of hydrogen-bond donors (Lipinski definition) is 1. The SMILES string of the molecule is COc1cc(CN(C)C(=O)Nc2cc(C(C)(C)C)nn2C(C)(C)C)ccc1SC. The molecule has 1 aromatic carbocycles. The van der Waals surface area contributed by atoms with Gasteiger partial charge in [-0.25, -0.2) is 9.48 Å². The van der Waals surface area contributed by atoms with Crippen LogP contribution in [0.4, 0.5) is 10.6 Å². The molecular formula is C22H34N4O2S. The highest BCUT2D eigenvalue weighted by Gasteiger charge is 2.26. The number of ether oxygens (including phenoxy) is 1. The van der Waals surface area contributed by atoms with E-state index < -0.39 is 0 Å². The summed E-state index contributed by atoms with van der Waals surface area (Å²) in [5.74, 6) is 1.53. The van der Waals surface area contributed by atoms with Gasteiger partial charge in [0.2, 0.25) is 0 Å². The Labute approximate surface area is 179 Å². The number of nitrogens with one attached hydrogen (secondary N) is 1. The van der Waals surface area contributed by atoms with E-state index in [-0.39, 0.29) is 17.0 Å². The lowest BCUT2D eigenvalue weighted by molar-refractivity contribution is 0.220. The van der Waals surface area contributed by atoms with Crippen molar-refractivity contribution < 1.29 is 9.53 Å². The second-order valence-corrected chi connectivity index (χ2v) is 10.1. The molecule has 0 atom stereocenters. The molecule has 1 aromatic heterocycles. The number of urea groups is 1. The number of anilines is 1. The molecule has 6 nitrogen and oxygen atoms in total. The average molecular weight is 419 g/mol. The van der Waals surface area contributed by atoms with Crippen molar-refractivity contribution in [1.29, 1.82) is 0 Å². The third-order valence-electron chi connectivity index (χ3n) is 4.56. The lowest BCUT2D eigenvalue weighted by Crippen LogP contribution is -2.33. The predicted molar refractivity (Wildman–Crippen MR) is 121 cm³/mol. The zero-order chi connectivity index (χ0) is 22.0. The summed E-state index contributed by atoms with van der Waals surface area (Å²) in [6.07, 6.45) is 2.02. The van der Waals surface area contributed by atoms with Crippen molar-refractivity contribution in [3.63, 3.8) is 0 Å². The van der Waals surface area contributed by atoms with Gasteiger partial charge in [0, 0.05) is 30.0 Å². The Hall–Kier alpha value is -2.15. The molecule has 160 valence electrons.